The van der Waals surface area contributed by atoms with E-state index in [9.17, 15) is 9.59 Å². The summed E-state index contributed by atoms with van der Waals surface area (Å²) in [6, 6.07) is 0.0110. The Balaban J connectivity index is 2.38. The molecule has 0 spiro atoms. The summed E-state index contributed by atoms with van der Waals surface area (Å²) in [7, 11) is 0. The molecule has 1 fully saturated rings. The van der Waals surface area contributed by atoms with Crippen LogP contribution in [0.15, 0.2) is 0 Å². The van der Waals surface area contributed by atoms with Gasteiger partial charge in [-0.3, -0.25) is 4.79 Å². The van der Waals surface area contributed by atoms with Gasteiger partial charge in [-0.05, 0) is 25.7 Å². The molecule has 6 nitrogen and oxygen atoms in total. The average Bonchev–Trinajstić information content (AvgIpc) is 2.36. The van der Waals surface area contributed by atoms with Crippen molar-refractivity contribution in [1.29, 1.82) is 0 Å². The van der Waals surface area contributed by atoms with E-state index in [-0.39, 0.29) is 12.1 Å². The molecule has 3 N–H and O–H groups in total. The van der Waals surface area contributed by atoms with Crippen LogP contribution < -0.4 is 11.1 Å². The third-order valence-electron chi connectivity index (χ3n) is 3.17. The maximum absolute atomic E-state index is 11.5. The number of nitrogens with two attached hydrogens (primary N) is 1. The van der Waals surface area contributed by atoms with Crippen LogP contribution in [0.2, 0.25) is 0 Å². The Morgan fingerprint density at radius 1 is 1.59 bits per heavy atom. The number of piperidine rings is 1. The van der Waals surface area contributed by atoms with Gasteiger partial charge in [0.25, 0.3) is 0 Å². The summed E-state index contributed by atoms with van der Waals surface area (Å²) in [5, 5.41) is 2.73. The van der Waals surface area contributed by atoms with Crippen molar-refractivity contribution in [1.82, 2.24) is 10.2 Å². The van der Waals surface area contributed by atoms with Crippen molar-refractivity contribution in [3.8, 4) is 0 Å². The Bertz CT molecular complexity index is 252. The summed E-state index contributed by atoms with van der Waals surface area (Å²) < 4.78 is 4.94. The smallest absolute Gasteiger partial charge is 0.409 e. The van der Waals surface area contributed by atoms with Gasteiger partial charge in [-0.25, -0.2) is 4.79 Å². The number of ether oxygens (including phenoxy) is 1. The normalized spacial score (nSPS) is 18.6. The Morgan fingerprint density at radius 3 is 2.71 bits per heavy atom. The second-order valence-electron chi connectivity index (χ2n) is 4.15. The zero-order valence-electron chi connectivity index (χ0n) is 10.2. The zero-order chi connectivity index (χ0) is 12.7. The summed E-state index contributed by atoms with van der Waals surface area (Å²) in [4.78, 5) is 23.6. The minimum absolute atomic E-state index is 0.0110. The predicted octanol–water partition coefficient (Wildman–Crippen LogP) is -0.0718. The van der Waals surface area contributed by atoms with E-state index in [2.05, 4.69) is 5.32 Å². The molecule has 1 saturated heterocycles. The lowest BCUT2D eigenvalue weighted by Crippen LogP contribution is -2.47. The topological polar surface area (TPSA) is 84.7 Å². The number of nitrogens with zero attached hydrogens (tertiary/aromatic N) is 1. The van der Waals surface area contributed by atoms with Crippen molar-refractivity contribution in [2.45, 2.75) is 25.8 Å². The molecule has 1 atom stereocenters. The van der Waals surface area contributed by atoms with Crippen molar-refractivity contribution < 1.29 is 14.3 Å². The third-order valence-corrected chi connectivity index (χ3v) is 3.17. The number of hydrogen-bond acceptors (Lipinski definition) is 4. The van der Waals surface area contributed by atoms with Crippen LogP contribution in [0.4, 0.5) is 4.79 Å². The van der Waals surface area contributed by atoms with Gasteiger partial charge in [0.2, 0.25) is 6.41 Å². The molecule has 0 bridgehead atoms. The van der Waals surface area contributed by atoms with Gasteiger partial charge in [0.1, 0.15) is 0 Å². The Labute approximate surface area is 101 Å². The lowest BCUT2D eigenvalue weighted by Gasteiger charge is -2.34. The summed E-state index contributed by atoms with van der Waals surface area (Å²) in [5.41, 5.74) is 5.61. The van der Waals surface area contributed by atoms with E-state index in [1.165, 1.54) is 0 Å². The number of amides is 2. The third kappa shape index (κ3) is 3.89. The van der Waals surface area contributed by atoms with Gasteiger partial charge in [-0.2, -0.15) is 0 Å². The van der Waals surface area contributed by atoms with E-state index < -0.39 is 0 Å². The number of carbonyl (C=O) groups is 2. The fraction of sp³-hybridized carbons (Fsp3) is 0.818. The largest absolute Gasteiger partial charge is 0.450 e. The van der Waals surface area contributed by atoms with Gasteiger partial charge in [-0.15, -0.1) is 0 Å². The van der Waals surface area contributed by atoms with Crippen LogP contribution in [0.3, 0.4) is 0 Å². The number of carbonyl (C=O) groups excluding carboxylic acids is 2. The molecule has 2 amide bonds. The summed E-state index contributed by atoms with van der Waals surface area (Å²) in [6.07, 6.45) is 2.14. The van der Waals surface area contributed by atoms with Crippen LogP contribution in [-0.4, -0.2) is 49.7 Å². The van der Waals surface area contributed by atoms with Gasteiger partial charge in [0.15, 0.2) is 0 Å². The number of rotatable bonds is 5. The molecule has 6 heteroatoms. The summed E-state index contributed by atoms with van der Waals surface area (Å²) in [5.74, 6) is 0.343. The highest BCUT2D eigenvalue weighted by Crippen LogP contribution is 2.20. The molecule has 0 aromatic heterocycles. The van der Waals surface area contributed by atoms with Gasteiger partial charge in [0, 0.05) is 25.7 Å². The predicted molar refractivity (Wildman–Crippen MR) is 63.4 cm³/mol. The van der Waals surface area contributed by atoms with E-state index in [0.717, 1.165) is 12.8 Å². The first kappa shape index (κ1) is 13.8. The fourth-order valence-corrected chi connectivity index (χ4v) is 2.18. The number of likely N-dealkylation sites (tertiary alicyclic amines) is 1. The number of nitrogens with one attached hydrogen (secondary N) is 1. The van der Waals surface area contributed by atoms with Crippen molar-refractivity contribution >= 4 is 12.5 Å². The van der Waals surface area contributed by atoms with E-state index >= 15 is 0 Å². The molecule has 0 aromatic carbocycles. The molecule has 1 aliphatic rings. The Hall–Kier alpha value is -1.30. The summed E-state index contributed by atoms with van der Waals surface area (Å²) in [6.45, 7) is 3.96. The fourth-order valence-electron chi connectivity index (χ4n) is 2.18. The van der Waals surface area contributed by atoms with E-state index in [1.807, 2.05) is 0 Å². The first-order valence-electron chi connectivity index (χ1n) is 6.04. The maximum Gasteiger partial charge on any atom is 0.409 e. The van der Waals surface area contributed by atoms with Crippen LogP contribution in [0, 0.1) is 5.92 Å². The summed E-state index contributed by atoms with van der Waals surface area (Å²) >= 11 is 0. The van der Waals surface area contributed by atoms with Crippen LogP contribution >= 0.6 is 0 Å². The second-order valence-corrected chi connectivity index (χ2v) is 4.15. The van der Waals surface area contributed by atoms with Crippen LogP contribution in [-0.2, 0) is 9.53 Å². The van der Waals surface area contributed by atoms with Crippen LogP contribution in [0.1, 0.15) is 19.8 Å². The maximum atomic E-state index is 11.5. The molecule has 0 aromatic rings. The highest BCUT2D eigenvalue weighted by atomic mass is 16.6. The molecule has 0 radical (unpaired) electrons. The minimum Gasteiger partial charge on any atom is -0.450 e. The van der Waals surface area contributed by atoms with Gasteiger partial charge < -0.3 is 20.7 Å². The van der Waals surface area contributed by atoms with Crippen LogP contribution in [0.25, 0.3) is 0 Å². The van der Waals surface area contributed by atoms with Crippen molar-refractivity contribution in [3.63, 3.8) is 0 Å². The lowest BCUT2D eigenvalue weighted by atomic mass is 9.89. The van der Waals surface area contributed by atoms with Crippen molar-refractivity contribution in [2.24, 2.45) is 11.7 Å². The molecule has 1 aliphatic heterocycles. The Morgan fingerprint density at radius 2 is 2.24 bits per heavy atom. The van der Waals surface area contributed by atoms with Crippen molar-refractivity contribution in [2.75, 3.05) is 26.2 Å². The molecule has 0 saturated carbocycles. The quantitative estimate of drug-likeness (QED) is 0.662. The first-order chi connectivity index (χ1) is 8.22. The highest BCUT2D eigenvalue weighted by molar-refractivity contribution is 5.67. The molecular weight excluding hydrogens is 222 g/mol. The monoisotopic (exact) mass is 243 g/mol. The van der Waals surface area contributed by atoms with Crippen LogP contribution in [0.5, 0.6) is 0 Å². The highest BCUT2D eigenvalue weighted by Gasteiger charge is 2.27. The minimum atomic E-state index is -0.251. The Kier molecular flexibility index (Phi) is 5.76. The van der Waals surface area contributed by atoms with E-state index in [0.29, 0.717) is 38.6 Å². The second kappa shape index (κ2) is 7.11. The first-order valence-corrected chi connectivity index (χ1v) is 6.04. The molecule has 98 valence electrons. The average molecular weight is 243 g/mol. The van der Waals surface area contributed by atoms with Gasteiger partial charge >= 0.3 is 6.09 Å². The van der Waals surface area contributed by atoms with Gasteiger partial charge in [-0.1, -0.05) is 0 Å². The van der Waals surface area contributed by atoms with Gasteiger partial charge in [0.05, 0.1) is 6.61 Å². The molecule has 1 rings (SSSR count). The molecule has 17 heavy (non-hydrogen) atoms. The standard InChI is InChI=1S/C11H21N3O3/c1-2-17-11(16)14-5-3-9(4-6-14)10(7-12)13-8-15/h8-10H,2-7,12H2,1H3,(H,13,15). The molecular formula is C11H21N3O3. The molecule has 1 unspecified atom stereocenters. The zero-order valence-corrected chi connectivity index (χ0v) is 10.2. The lowest BCUT2D eigenvalue weighted by molar-refractivity contribution is -0.110. The SMILES string of the molecule is CCOC(=O)N1CCC(C(CN)NC=O)CC1. The molecule has 1 heterocycles. The molecule has 0 aliphatic carbocycles. The van der Waals surface area contributed by atoms with Crippen molar-refractivity contribution in [3.05, 3.63) is 0 Å². The van der Waals surface area contributed by atoms with E-state index in [1.54, 1.807) is 11.8 Å². The van der Waals surface area contributed by atoms with E-state index in [4.69, 9.17) is 10.5 Å². The number of hydrogen-bond donors (Lipinski definition) is 2.